The highest BCUT2D eigenvalue weighted by molar-refractivity contribution is 5.75. The van der Waals surface area contributed by atoms with Crippen LogP contribution < -0.4 is 5.56 Å². The predicted molar refractivity (Wildman–Crippen MR) is 61.6 cm³/mol. The van der Waals surface area contributed by atoms with Crippen LogP contribution in [0, 0.1) is 6.92 Å². The molecule has 1 rings (SSSR count). The summed E-state index contributed by atoms with van der Waals surface area (Å²) in [5, 5.41) is 0. The van der Waals surface area contributed by atoms with Gasteiger partial charge in [0.2, 0.25) is 11.7 Å². The lowest BCUT2D eigenvalue weighted by atomic mass is 10.1. The van der Waals surface area contributed by atoms with Crippen LogP contribution in [0.2, 0.25) is 0 Å². The number of nitrogens with zero attached hydrogens (tertiary/aromatic N) is 2. The average Bonchev–Trinajstić information content (AvgIpc) is 2.25. The maximum atomic E-state index is 12.4. The normalized spacial score (nSPS) is 11.5. The van der Waals surface area contributed by atoms with Gasteiger partial charge in [0.1, 0.15) is 0 Å². The van der Waals surface area contributed by atoms with Gasteiger partial charge in [-0.2, -0.15) is 13.2 Å². The average molecular weight is 277 g/mol. The first kappa shape index (κ1) is 15.2. The van der Waals surface area contributed by atoms with E-state index in [4.69, 9.17) is 0 Å². The standard InChI is InChI=1S/C11H14F3N3O2/c1-6-7(4-5-8(18)17(2)3)9(19)16-10(15-6)11(12,13)14/h4-5H2,1-3H3,(H,15,16,19). The Labute approximate surface area is 107 Å². The van der Waals surface area contributed by atoms with Gasteiger partial charge in [-0.15, -0.1) is 0 Å². The minimum Gasteiger partial charge on any atom is -0.349 e. The topological polar surface area (TPSA) is 66.1 Å². The van der Waals surface area contributed by atoms with Gasteiger partial charge in [0.05, 0.1) is 0 Å². The minimum atomic E-state index is -4.69. The first-order valence-electron chi connectivity index (χ1n) is 5.50. The van der Waals surface area contributed by atoms with Gasteiger partial charge in [-0.25, -0.2) is 4.98 Å². The number of carbonyl (C=O) groups excluding carboxylic acids is 1. The van der Waals surface area contributed by atoms with Gasteiger partial charge in [-0.3, -0.25) is 9.59 Å². The molecule has 0 aliphatic rings. The van der Waals surface area contributed by atoms with E-state index in [0.29, 0.717) is 0 Å². The number of hydrogen-bond acceptors (Lipinski definition) is 3. The number of hydrogen-bond donors (Lipinski definition) is 1. The molecule has 0 saturated heterocycles. The van der Waals surface area contributed by atoms with E-state index in [1.54, 1.807) is 19.1 Å². The van der Waals surface area contributed by atoms with Gasteiger partial charge < -0.3 is 9.88 Å². The van der Waals surface area contributed by atoms with Crippen LogP contribution in [0.3, 0.4) is 0 Å². The lowest BCUT2D eigenvalue weighted by Crippen LogP contribution is -2.26. The van der Waals surface area contributed by atoms with E-state index in [0.717, 1.165) is 0 Å². The van der Waals surface area contributed by atoms with E-state index in [9.17, 15) is 22.8 Å². The predicted octanol–water partition coefficient (Wildman–Crippen LogP) is 1.12. The molecule has 1 amide bonds. The molecule has 1 aromatic rings. The monoisotopic (exact) mass is 277 g/mol. The van der Waals surface area contributed by atoms with Crippen LogP contribution in [0.4, 0.5) is 13.2 Å². The Kier molecular flexibility index (Phi) is 4.33. The Morgan fingerprint density at radius 1 is 1.37 bits per heavy atom. The van der Waals surface area contributed by atoms with Gasteiger partial charge in [-0.1, -0.05) is 0 Å². The Bertz CT molecular complexity index is 535. The molecule has 0 spiro atoms. The molecular weight excluding hydrogens is 263 g/mol. The first-order chi connectivity index (χ1) is 8.62. The number of aryl methyl sites for hydroxylation is 1. The van der Waals surface area contributed by atoms with Gasteiger partial charge >= 0.3 is 6.18 Å². The molecule has 8 heteroatoms. The number of nitrogens with one attached hydrogen (secondary N) is 1. The van der Waals surface area contributed by atoms with Crippen LogP contribution in [0.5, 0.6) is 0 Å². The molecule has 106 valence electrons. The largest absolute Gasteiger partial charge is 0.449 e. The van der Waals surface area contributed by atoms with Crippen molar-refractivity contribution in [3.05, 3.63) is 27.4 Å². The summed E-state index contributed by atoms with van der Waals surface area (Å²) in [6.45, 7) is 1.32. The highest BCUT2D eigenvalue weighted by atomic mass is 19.4. The number of alkyl halides is 3. The van der Waals surface area contributed by atoms with Crippen LogP contribution in [0.1, 0.15) is 23.5 Å². The zero-order valence-corrected chi connectivity index (χ0v) is 10.8. The molecule has 0 fully saturated rings. The fourth-order valence-electron chi connectivity index (χ4n) is 1.49. The molecule has 0 atom stereocenters. The number of rotatable bonds is 3. The van der Waals surface area contributed by atoms with Crippen LogP contribution in [-0.4, -0.2) is 34.9 Å². The number of halogens is 3. The SMILES string of the molecule is Cc1nc(C(F)(F)F)[nH]c(=O)c1CCC(=O)N(C)C. The van der Waals surface area contributed by atoms with Gasteiger partial charge in [0, 0.05) is 31.8 Å². The summed E-state index contributed by atoms with van der Waals surface area (Å²) in [6.07, 6.45) is -4.59. The molecule has 0 aliphatic heterocycles. The zero-order chi connectivity index (χ0) is 14.8. The Hall–Kier alpha value is -1.86. The highest BCUT2D eigenvalue weighted by Crippen LogP contribution is 2.25. The van der Waals surface area contributed by atoms with Gasteiger partial charge in [0.15, 0.2) is 0 Å². The van der Waals surface area contributed by atoms with Crippen molar-refractivity contribution in [2.45, 2.75) is 25.9 Å². The van der Waals surface area contributed by atoms with Crippen molar-refractivity contribution in [3.63, 3.8) is 0 Å². The number of carbonyl (C=O) groups is 1. The van der Waals surface area contributed by atoms with Crippen LogP contribution in [0.25, 0.3) is 0 Å². The lowest BCUT2D eigenvalue weighted by molar-refractivity contribution is -0.145. The third-order valence-corrected chi connectivity index (χ3v) is 2.58. The minimum absolute atomic E-state index is 0.0115. The third kappa shape index (κ3) is 3.80. The molecular formula is C11H14F3N3O2. The quantitative estimate of drug-likeness (QED) is 0.900. The molecule has 1 aromatic heterocycles. The summed E-state index contributed by atoms with van der Waals surface area (Å²) in [4.78, 5) is 29.3. The second-order valence-electron chi connectivity index (χ2n) is 4.26. The van der Waals surface area contributed by atoms with Crippen molar-refractivity contribution in [2.75, 3.05) is 14.1 Å². The fourth-order valence-corrected chi connectivity index (χ4v) is 1.49. The van der Waals surface area contributed by atoms with Crippen molar-refractivity contribution in [2.24, 2.45) is 0 Å². The van der Waals surface area contributed by atoms with Crippen molar-refractivity contribution in [1.29, 1.82) is 0 Å². The van der Waals surface area contributed by atoms with Gasteiger partial charge in [0.25, 0.3) is 5.56 Å². The van der Waals surface area contributed by atoms with Gasteiger partial charge in [-0.05, 0) is 13.3 Å². The number of amides is 1. The van der Waals surface area contributed by atoms with Crippen molar-refractivity contribution in [1.82, 2.24) is 14.9 Å². The lowest BCUT2D eigenvalue weighted by Gasteiger charge is -2.11. The van der Waals surface area contributed by atoms with E-state index in [-0.39, 0.29) is 30.0 Å². The highest BCUT2D eigenvalue weighted by Gasteiger charge is 2.34. The molecule has 1 heterocycles. The fraction of sp³-hybridized carbons (Fsp3) is 0.545. The second kappa shape index (κ2) is 5.41. The number of aromatic amines is 1. The van der Waals surface area contributed by atoms with Crippen LogP contribution >= 0.6 is 0 Å². The summed E-state index contributed by atoms with van der Waals surface area (Å²) in [5.41, 5.74) is -0.766. The molecule has 1 N–H and O–H groups in total. The molecule has 0 radical (unpaired) electrons. The van der Waals surface area contributed by atoms with Crippen molar-refractivity contribution in [3.8, 4) is 0 Å². The van der Waals surface area contributed by atoms with Crippen molar-refractivity contribution >= 4 is 5.91 Å². The van der Waals surface area contributed by atoms with Crippen molar-refractivity contribution < 1.29 is 18.0 Å². The third-order valence-electron chi connectivity index (χ3n) is 2.58. The zero-order valence-electron chi connectivity index (χ0n) is 10.8. The first-order valence-corrected chi connectivity index (χ1v) is 5.50. The summed E-state index contributed by atoms with van der Waals surface area (Å²) in [6, 6.07) is 0. The number of aromatic nitrogens is 2. The molecule has 19 heavy (non-hydrogen) atoms. The summed E-state index contributed by atoms with van der Waals surface area (Å²) in [7, 11) is 3.12. The molecule has 0 unspecified atom stereocenters. The molecule has 0 saturated carbocycles. The second-order valence-corrected chi connectivity index (χ2v) is 4.26. The Balaban J connectivity index is 2.99. The molecule has 5 nitrogen and oxygen atoms in total. The maximum Gasteiger partial charge on any atom is 0.449 e. The van der Waals surface area contributed by atoms with E-state index in [2.05, 4.69) is 4.98 Å². The maximum absolute atomic E-state index is 12.4. The van der Waals surface area contributed by atoms with E-state index in [1.807, 2.05) is 0 Å². The van der Waals surface area contributed by atoms with E-state index >= 15 is 0 Å². The Morgan fingerprint density at radius 3 is 2.37 bits per heavy atom. The number of H-pyrrole nitrogens is 1. The Morgan fingerprint density at radius 2 is 1.95 bits per heavy atom. The van der Waals surface area contributed by atoms with E-state index in [1.165, 1.54) is 11.8 Å². The smallest absolute Gasteiger partial charge is 0.349 e. The summed E-state index contributed by atoms with van der Waals surface area (Å²) < 4.78 is 37.2. The molecule has 0 aromatic carbocycles. The summed E-state index contributed by atoms with van der Waals surface area (Å²) >= 11 is 0. The van der Waals surface area contributed by atoms with E-state index < -0.39 is 17.6 Å². The summed E-state index contributed by atoms with van der Waals surface area (Å²) in [5.74, 6) is -1.53. The molecule has 0 aliphatic carbocycles. The molecule has 0 bridgehead atoms. The van der Waals surface area contributed by atoms with Crippen LogP contribution in [0.15, 0.2) is 4.79 Å². The van der Waals surface area contributed by atoms with Crippen LogP contribution in [-0.2, 0) is 17.4 Å².